The van der Waals surface area contributed by atoms with Crippen molar-refractivity contribution in [1.82, 2.24) is 15.1 Å². The van der Waals surface area contributed by atoms with Crippen LogP contribution in [0.4, 0.5) is 0 Å². The van der Waals surface area contributed by atoms with Crippen LogP contribution in [-0.4, -0.2) is 62.2 Å². The summed E-state index contributed by atoms with van der Waals surface area (Å²) < 4.78 is 0. The lowest BCUT2D eigenvalue weighted by atomic mass is 10.1. The normalized spacial score (nSPS) is 25.1. The fourth-order valence-corrected chi connectivity index (χ4v) is 2.53. The van der Waals surface area contributed by atoms with Crippen LogP contribution in [-0.2, 0) is 0 Å². The van der Waals surface area contributed by atoms with Crippen LogP contribution in [0.25, 0.3) is 0 Å². The summed E-state index contributed by atoms with van der Waals surface area (Å²) in [5.41, 5.74) is 0. The molecule has 0 aliphatic carbocycles. The van der Waals surface area contributed by atoms with Crippen LogP contribution in [0, 0.1) is 0 Å². The van der Waals surface area contributed by atoms with E-state index in [0.29, 0.717) is 6.04 Å². The van der Waals surface area contributed by atoms with E-state index in [2.05, 4.69) is 43.1 Å². The molecule has 1 rings (SSSR count). The first-order valence-electron chi connectivity index (χ1n) is 7.29. The molecule has 0 saturated carbocycles. The van der Waals surface area contributed by atoms with Crippen LogP contribution in [0.3, 0.4) is 0 Å². The van der Waals surface area contributed by atoms with E-state index in [9.17, 15) is 0 Å². The Hall–Kier alpha value is -0.120. The van der Waals surface area contributed by atoms with Crippen molar-refractivity contribution in [2.75, 3.05) is 40.3 Å². The summed E-state index contributed by atoms with van der Waals surface area (Å²) >= 11 is 0. The minimum atomic E-state index is 0.685. The fraction of sp³-hybridized carbons (Fsp3) is 1.00. The van der Waals surface area contributed by atoms with E-state index in [4.69, 9.17) is 0 Å². The van der Waals surface area contributed by atoms with Gasteiger partial charge in [-0.15, -0.1) is 0 Å². The van der Waals surface area contributed by atoms with Gasteiger partial charge in [0.2, 0.25) is 0 Å². The third kappa shape index (κ3) is 5.36. The van der Waals surface area contributed by atoms with Crippen molar-refractivity contribution in [3.05, 3.63) is 0 Å². The van der Waals surface area contributed by atoms with Gasteiger partial charge in [0.05, 0.1) is 0 Å². The van der Waals surface area contributed by atoms with Crippen LogP contribution in [0.5, 0.6) is 0 Å². The lowest BCUT2D eigenvalue weighted by Gasteiger charge is -2.38. The molecule has 1 aliphatic rings. The van der Waals surface area contributed by atoms with Crippen molar-refractivity contribution in [3.8, 4) is 0 Å². The number of nitrogens with one attached hydrogen (secondary N) is 1. The molecule has 2 atom stereocenters. The van der Waals surface area contributed by atoms with Crippen molar-refractivity contribution in [1.29, 1.82) is 0 Å². The third-order valence-corrected chi connectivity index (χ3v) is 4.02. The summed E-state index contributed by atoms with van der Waals surface area (Å²) in [5.74, 6) is 0. The molecule has 0 aromatic rings. The molecule has 0 radical (unpaired) electrons. The number of likely N-dealkylation sites (N-methyl/N-ethyl adjacent to an activating group) is 2. The third-order valence-electron chi connectivity index (χ3n) is 4.02. The van der Waals surface area contributed by atoms with Crippen molar-refractivity contribution in [2.45, 2.75) is 51.6 Å². The molecule has 0 amide bonds. The molecule has 102 valence electrons. The number of unbranched alkanes of at least 4 members (excludes halogenated alkanes) is 1. The Kier molecular flexibility index (Phi) is 7.09. The first-order valence-corrected chi connectivity index (χ1v) is 7.29. The molecule has 3 nitrogen and oxygen atoms in total. The van der Waals surface area contributed by atoms with E-state index in [-0.39, 0.29) is 0 Å². The molecule has 1 N–H and O–H groups in total. The average Bonchev–Trinajstić information content (AvgIpc) is 2.33. The monoisotopic (exact) mass is 241 g/mol. The zero-order chi connectivity index (χ0) is 12.7. The number of hydrogen-bond donors (Lipinski definition) is 1. The fourth-order valence-electron chi connectivity index (χ4n) is 2.53. The smallest absolute Gasteiger partial charge is 0.0345 e. The molecule has 2 unspecified atom stereocenters. The average molecular weight is 241 g/mol. The predicted octanol–water partition coefficient (Wildman–Crippen LogP) is 1.79. The van der Waals surface area contributed by atoms with Gasteiger partial charge in [0.25, 0.3) is 0 Å². The molecule has 17 heavy (non-hydrogen) atoms. The molecule has 1 fully saturated rings. The number of piperazine rings is 1. The van der Waals surface area contributed by atoms with Crippen LogP contribution >= 0.6 is 0 Å². The molecule has 0 aromatic carbocycles. The summed E-state index contributed by atoms with van der Waals surface area (Å²) in [6.45, 7) is 9.33. The molecular weight excluding hydrogens is 210 g/mol. The van der Waals surface area contributed by atoms with Crippen molar-refractivity contribution < 1.29 is 0 Å². The highest BCUT2D eigenvalue weighted by Crippen LogP contribution is 2.08. The Morgan fingerprint density at radius 2 is 2.00 bits per heavy atom. The van der Waals surface area contributed by atoms with Gasteiger partial charge < -0.3 is 10.2 Å². The van der Waals surface area contributed by atoms with E-state index in [1.165, 1.54) is 45.3 Å². The van der Waals surface area contributed by atoms with Gasteiger partial charge in [-0.2, -0.15) is 0 Å². The van der Waals surface area contributed by atoms with Crippen molar-refractivity contribution >= 4 is 0 Å². The first kappa shape index (κ1) is 14.9. The zero-order valence-corrected chi connectivity index (χ0v) is 12.2. The first-order chi connectivity index (χ1) is 8.17. The molecule has 1 aliphatic heterocycles. The number of hydrogen-bond acceptors (Lipinski definition) is 3. The quantitative estimate of drug-likeness (QED) is 0.733. The summed E-state index contributed by atoms with van der Waals surface area (Å²) in [4.78, 5) is 4.94. The Balaban J connectivity index is 2.26. The van der Waals surface area contributed by atoms with Gasteiger partial charge in [-0.25, -0.2) is 0 Å². The van der Waals surface area contributed by atoms with Gasteiger partial charge in [-0.05, 0) is 26.9 Å². The second-order valence-corrected chi connectivity index (χ2v) is 5.55. The minimum absolute atomic E-state index is 0.685. The second kappa shape index (κ2) is 8.06. The summed E-state index contributed by atoms with van der Waals surface area (Å²) in [5, 5.41) is 3.76. The van der Waals surface area contributed by atoms with Crippen LogP contribution in [0.15, 0.2) is 0 Å². The highest BCUT2D eigenvalue weighted by Gasteiger charge is 2.22. The minimum Gasteiger partial charge on any atom is -0.312 e. The lowest BCUT2D eigenvalue weighted by Crippen LogP contribution is -2.54. The summed E-state index contributed by atoms with van der Waals surface area (Å²) in [6.07, 6.45) is 5.25. The highest BCUT2D eigenvalue weighted by atomic mass is 15.3. The molecule has 0 bridgehead atoms. The number of nitrogens with zero attached hydrogens (tertiary/aromatic N) is 2. The van der Waals surface area contributed by atoms with E-state index in [0.717, 1.165) is 12.6 Å². The molecule has 1 heterocycles. The van der Waals surface area contributed by atoms with Gasteiger partial charge in [-0.3, -0.25) is 4.90 Å². The Bertz CT molecular complexity index is 196. The highest BCUT2D eigenvalue weighted by molar-refractivity contribution is 4.81. The predicted molar refractivity (Wildman–Crippen MR) is 75.5 cm³/mol. The topological polar surface area (TPSA) is 18.5 Å². The second-order valence-electron chi connectivity index (χ2n) is 5.55. The van der Waals surface area contributed by atoms with Crippen LogP contribution in [0.1, 0.15) is 39.5 Å². The van der Waals surface area contributed by atoms with Gasteiger partial charge >= 0.3 is 0 Å². The van der Waals surface area contributed by atoms with Crippen LogP contribution in [0.2, 0.25) is 0 Å². The van der Waals surface area contributed by atoms with E-state index in [1.807, 2.05) is 0 Å². The van der Waals surface area contributed by atoms with Gasteiger partial charge in [0.15, 0.2) is 0 Å². The van der Waals surface area contributed by atoms with Crippen molar-refractivity contribution in [2.24, 2.45) is 0 Å². The van der Waals surface area contributed by atoms with Crippen LogP contribution < -0.4 is 5.32 Å². The Morgan fingerprint density at radius 3 is 2.65 bits per heavy atom. The summed E-state index contributed by atoms with van der Waals surface area (Å²) in [7, 11) is 4.49. The molecule has 3 heteroatoms. The molecule has 0 aromatic heterocycles. The summed E-state index contributed by atoms with van der Waals surface area (Å²) in [6, 6.07) is 1.40. The maximum Gasteiger partial charge on any atom is 0.0345 e. The molecule has 1 saturated heterocycles. The Morgan fingerprint density at radius 1 is 1.24 bits per heavy atom. The van der Waals surface area contributed by atoms with Crippen molar-refractivity contribution in [3.63, 3.8) is 0 Å². The largest absolute Gasteiger partial charge is 0.312 e. The molecular formula is C14H31N3. The SMILES string of the molecule is CCCCC(CC)NCC1CN(C)CCN1C. The maximum atomic E-state index is 3.76. The maximum absolute atomic E-state index is 3.76. The molecule has 0 spiro atoms. The number of rotatable bonds is 7. The van der Waals surface area contributed by atoms with Gasteiger partial charge in [-0.1, -0.05) is 26.7 Å². The Labute approximate surface area is 108 Å². The zero-order valence-electron chi connectivity index (χ0n) is 12.2. The standard InChI is InChI=1S/C14H31N3/c1-5-7-8-13(6-2)15-11-14-12-16(3)9-10-17(14)4/h13-15H,5-12H2,1-4H3. The van der Waals surface area contributed by atoms with Gasteiger partial charge in [0, 0.05) is 38.3 Å². The lowest BCUT2D eigenvalue weighted by molar-refractivity contribution is 0.111. The van der Waals surface area contributed by atoms with Gasteiger partial charge in [0.1, 0.15) is 0 Å². The van der Waals surface area contributed by atoms with E-state index in [1.54, 1.807) is 0 Å². The van der Waals surface area contributed by atoms with E-state index < -0.39 is 0 Å². The van der Waals surface area contributed by atoms with E-state index >= 15 is 0 Å².